The number of hydrogen-bond acceptors (Lipinski definition) is 7. The molecule has 26 heavy (non-hydrogen) atoms. The molecule has 0 aromatic carbocycles. The lowest BCUT2D eigenvalue weighted by Gasteiger charge is -2.30. The number of aliphatic hydroxyl groups is 1. The third-order valence-corrected chi connectivity index (χ3v) is 5.53. The quantitative estimate of drug-likeness (QED) is 0.721. The molecule has 3 aromatic rings. The second-order valence-corrected chi connectivity index (χ2v) is 8.38. The van der Waals surface area contributed by atoms with Crippen LogP contribution in [0.4, 0.5) is 0 Å². The lowest BCUT2D eigenvalue weighted by Crippen LogP contribution is -2.31. The van der Waals surface area contributed by atoms with Crippen molar-refractivity contribution in [1.82, 2.24) is 24.9 Å². The number of carbonyl (C=O) groups is 1. The zero-order chi connectivity index (χ0) is 18.6. The summed E-state index contributed by atoms with van der Waals surface area (Å²) in [6, 6.07) is 0. The van der Waals surface area contributed by atoms with Crippen molar-refractivity contribution in [3.05, 3.63) is 22.1 Å². The van der Waals surface area contributed by atoms with Crippen molar-refractivity contribution in [3.63, 3.8) is 0 Å². The predicted molar refractivity (Wildman–Crippen MR) is 97.5 cm³/mol. The van der Waals surface area contributed by atoms with Crippen molar-refractivity contribution in [2.24, 2.45) is 0 Å². The average molecular weight is 375 g/mol. The number of rotatable bonds is 3. The molecular formula is C17H21N5O3S. The Labute approximate surface area is 154 Å². The minimum Gasteiger partial charge on any atom is -0.392 e. The van der Waals surface area contributed by atoms with Crippen LogP contribution in [0.15, 0.2) is 0 Å². The summed E-state index contributed by atoms with van der Waals surface area (Å²) in [6.07, 6.45) is 0.135. The van der Waals surface area contributed by atoms with Gasteiger partial charge in [0.2, 0.25) is 5.82 Å². The molecule has 1 aliphatic heterocycles. The lowest BCUT2D eigenvalue weighted by atomic mass is 9.94. The fraction of sp³-hybridized carbons (Fsp3) is 0.529. The van der Waals surface area contributed by atoms with E-state index in [0.717, 1.165) is 21.5 Å². The van der Waals surface area contributed by atoms with Gasteiger partial charge in [0.1, 0.15) is 10.7 Å². The van der Waals surface area contributed by atoms with E-state index in [-0.39, 0.29) is 18.0 Å². The van der Waals surface area contributed by atoms with Crippen LogP contribution >= 0.6 is 11.3 Å². The van der Waals surface area contributed by atoms with Gasteiger partial charge in [-0.3, -0.25) is 4.79 Å². The number of aryl methyl sites for hydroxylation is 1. The molecule has 138 valence electrons. The highest BCUT2D eigenvalue weighted by Crippen LogP contribution is 2.39. The Morgan fingerprint density at radius 3 is 2.96 bits per heavy atom. The number of fused-ring (bicyclic) bond motifs is 5. The number of amides is 1. The Hall–Kier alpha value is -2.10. The van der Waals surface area contributed by atoms with Crippen molar-refractivity contribution in [1.29, 1.82) is 0 Å². The van der Waals surface area contributed by atoms with E-state index in [4.69, 9.17) is 4.74 Å². The van der Waals surface area contributed by atoms with Gasteiger partial charge in [0.15, 0.2) is 5.65 Å². The Balaban J connectivity index is 1.86. The van der Waals surface area contributed by atoms with Crippen molar-refractivity contribution in [3.8, 4) is 0 Å². The van der Waals surface area contributed by atoms with E-state index in [1.54, 1.807) is 22.8 Å². The van der Waals surface area contributed by atoms with Crippen LogP contribution in [0.2, 0.25) is 0 Å². The summed E-state index contributed by atoms with van der Waals surface area (Å²) >= 11 is 1.61. The molecule has 4 rings (SSSR count). The first kappa shape index (κ1) is 17.3. The first-order valence-electron chi connectivity index (χ1n) is 8.53. The van der Waals surface area contributed by atoms with E-state index < -0.39 is 12.0 Å². The standard InChI is InChI=1S/C17H21N5O3S/c1-8(23)6-18-15(24)13-20-14-12-10-5-17(3,4)25-7-11(10)26-16(12)19-9(2)22(14)21-13/h8,23H,5-7H2,1-4H3,(H,18,24). The predicted octanol–water partition coefficient (Wildman–Crippen LogP) is 1.61. The summed E-state index contributed by atoms with van der Waals surface area (Å²) in [4.78, 5) is 23.5. The molecule has 3 aromatic heterocycles. The minimum atomic E-state index is -0.628. The van der Waals surface area contributed by atoms with Gasteiger partial charge in [0, 0.05) is 17.8 Å². The van der Waals surface area contributed by atoms with Crippen LogP contribution in [-0.2, 0) is 17.8 Å². The molecule has 0 aliphatic carbocycles. The van der Waals surface area contributed by atoms with Crippen LogP contribution in [0.5, 0.6) is 0 Å². The maximum Gasteiger partial charge on any atom is 0.291 e. The molecule has 8 nitrogen and oxygen atoms in total. The summed E-state index contributed by atoms with van der Waals surface area (Å²) in [5.41, 5.74) is 1.58. The maximum atomic E-state index is 12.3. The number of aliphatic hydroxyl groups excluding tert-OH is 1. The number of nitrogens with zero attached hydrogens (tertiary/aromatic N) is 4. The van der Waals surface area contributed by atoms with Crippen LogP contribution in [-0.4, -0.2) is 48.8 Å². The Morgan fingerprint density at radius 2 is 2.23 bits per heavy atom. The van der Waals surface area contributed by atoms with Gasteiger partial charge in [0.25, 0.3) is 5.91 Å². The van der Waals surface area contributed by atoms with Crippen molar-refractivity contribution < 1.29 is 14.6 Å². The third-order valence-electron chi connectivity index (χ3n) is 4.43. The maximum absolute atomic E-state index is 12.3. The average Bonchev–Trinajstić information content (AvgIpc) is 3.13. The van der Waals surface area contributed by atoms with Crippen LogP contribution in [0, 0.1) is 6.92 Å². The first-order chi connectivity index (χ1) is 12.2. The van der Waals surface area contributed by atoms with Gasteiger partial charge in [-0.1, -0.05) is 0 Å². The van der Waals surface area contributed by atoms with Gasteiger partial charge >= 0.3 is 0 Å². The minimum absolute atomic E-state index is 0.0781. The van der Waals surface area contributed by atoms with E-state index in [1.165, 1.54) is 5.56 Å². The molecule has 9 heteroatoms. The van der Waals surface area contributed by atoms with Gasteiger partial charge in [-0.25, -0.2) is 9.97 Å². The van der Waals surface area contributed by atoms with E-state index >= 15 is 0 Å². The second-order valence-electron chi connectivity index (χ2n) is 7.30. The highest BCUT2D eigenvalue weighted by atomic mass is 32.1. The fourth-order valence-corrected chi connectivity index (χ4v) is 4.30. The number of thiophene rings is 1. The van der Waals surface area contributed by atoms with E-state index in [0.29, 0.717) is 18.1 Å². The highest BCUT2D eigenvalue weighted by molar-refractivity contribution is 7.19. The molecule has 0 fully saturated rings. The number of ether oxygens (including phenoxy) is 1. The summed E-state index contributed by atoms with van der Waals surface area (Å²) in [5.74, 6) is 0.345. The fourth-order valence-electron chi connectivity index (χ4n) is 3.16. The van der Waals surface area contributed by atoms with Gasteiger partial charge in [-0.15, -0.1) is 16.4 Å². The zero-order valence-electron chi connectivity index (χ0n) is 15.2. The molecule has 1 atom stereocenters. The topological polar surface area (TPSA) is 102 Å². The molecule has 1 unspecified atom stereocenters. The van der Waals surface area contributed by atoms with Crippen LogP contribution < -0.4 is 5.32 Å². The molecule has 1 amide bonds. The number of nitrogens with one attached hydrogen (secondary N) is 1. The Morgan fingerprint density at radius 1 is 1.46 bits per heavy atom. The molecule has 4 heterocycles. The monoisotopic (exact) mass is 375 g/mol. The van der Waals surface area contributed by atoms with Gasteiger partial charge in [-0.2, -0.15) is 4.52 Å². The molecular weight excluding hydrogens is 354 g/mol. The van der Waals surface area contributed by atoms with Crippen molar-refractivity contribution in [2.75, 3.05) is 6.54 Å². The summed E-state index contributed by atoms with van der Waals surface area (Å²) in [5, 5.41) is 17.3. The summed E-state index contributed by atoms with van der Waals surface area (Å²) < 4.78 is 7.53. The molecule has 0 radical (unpaired) electrons. The van der Waals surface area contributed by atoms with Crippen molar-refractivity contribution in [2.45, 2.75) is 52.4 Å². The zero-order valence-corrected chi connectivity index (χ0v) is 16.0. The van der Waals surface area contributed by atoms with Gasteiger partial charge in [0.05, 0.1) is 23.7 Å². The molecule has 0 bridgehead atoms. The van der Waals surface area contributed by atoms with E-state index in [1.807, 2.05) is 6.92 Å². The van der Waals surface area contributed by atoms with Crippen LogP contribution in [0.3, 0.4) is 0 Å². The molecule has 1 aliphatic rings. The third kappa shape index (κ3) is 2.85. The largest absolute Gasteiger partial charge is 0.392 e. The summed E-state index contributed by atoms with van der Waals surface area (Å²) in [6.45, 7) is 8.30. The number of hydrogen-bond donors (Lipinski definition) is 2. The lowest BCUT2D eigenvalue weighted by molar-refractivity contribution is -0.0379. The van der Waals surface area contributed by atoms with Gasteiger partial charge in [-0.05, 0) is 33.3 Å². The highest BCUT2D eigenvalue weighted by Gasteiger charge is 2.31. The molecule has 0 saturated carbocycles. The number of aromatic nitrogens is 4. The summed E-state index contributed by atoms with van der Waals surface area (Å²) in [7, 11) is 0. The molecule has 0 spiro atoms. The first-order valence-corrected chi connectivity index (χ1v) is 9.34. The second kappa shape index (κ2) is 5.97. The van der Waals surface area contributed by atoms with Crippen LogP contribution in [0.1, 0.15) is 47.7 Å². The molecule has 2 N–H and O–H groups in total. The van der Waals surface area contributed by atoms with E-state index in [9.17, 15) is 9.90 Å². The molecule has 0 saturated heterocycles. The van der Waals surface area contributed by atoms with Gasteiger partial charge < -0.3 is 15.2 Å². The van der Waals surface area contributed by atoms with Crippen molar-refractivity contribution >= 4 is 33.1 Å². The smallest absolute Gasteiger partial charge is 0.291 e. The Bertz CT molecular complexity index is 1020. The Kier molecular flexibility index (Phi) is 3.98. The van der Waals surface area contributed by atoms with E-state index in [2.05, 4.69) is 34.2 Å². The van der Waals surface area contributed by atoms with Crippen LogP contribution in [0.25, 0.3) is 15.9 Å². The number of carbonyl (C=O) groups excluding carboxylic acids is 1. The SMILES string of the molecule is Cc1nc2sc3c(c2c2nc(C(=O)NCC(C)O)nn12)CC(C)(C)OC3. The normalized spacial score (nSPS) is 17.4.